The third-order valence-electron chi connectivity index (χ3n) is 3.67. The van der Waals surface area contributed by atoms with Gasteiger partial charge in [-0.3, -0.25) is 0 Å². The monoisotopic (exact) mass is 278 g/mol. The molecule has 3 rings (SSSR count). The molecule has 0 aliphatic heterocycles. The highest BCUT2D eigenvalue weighted by molar-refractivity contribution is 7.99. The van der Waals surface area contributed by atoms with E-state index >= 15 is 0 Å². The van der Waals surface area contributed by atoms with E-state index in [1.165, 1.54) is 29.5 Å². The third-order valence-corrected chi connectivity index (χ3v) is 5.71. The zero-order chi connectivity index (χ0) is 12.5. The maximum absolute atomic E-state index is 4.73. The first kappa shape index (κ1) is 12.3. The quantitative estimate of drug-likeness (QED) is 0.906. The van der Waals surface area contributed by atoms with Gasteiger partial charge in [-0.2, -0.15) is 11.8 Å². The summed E-state index contributed by atoms with van der Waals surface area (Å²) in [7, 11) is 0. The summed E-state index contributed by atoms with van der Waals surface area (Å²) in [5, 5.41) is 5.54. The number of rotatable bonds is 3. The van der Waals surface area contributed by atoms with Crippen molar-refractivity contribution in [2.45, 2.75) is 37.5 Å². The number of para-hydroxylation sites is 1. The molecule has 0 amide bonds. The summed E-state index contributed by atoms with van der Waals surface area (Å²) in [5.74, 6) is 0. The van der Waals surface area contributed by atoms with Gasteiger partial charge in [0.15, 0.2) is 5.13 Å². The summed E-state index contributed by atoms with van der Waals surface area (Å²) in [4.78, 5) is 4.73. The van der Waals surface area contributed by atoms with Crippen LogP contribution in [0, 0.1) is 6.92 Å². The van der Waals surface area contributed by atoms with E-state index in [1.54, 1.807) is 11.3 Å². The molecule has 1 fully saturated rings. The number of hydrogen-bond donors (Lipinski definition) is 1. The lowest BCUT2D eigenvalue weighted by molar-refractivity contribution is 0.756. The largest absolute Gasteiger partial charge is 0.359 e. The fourth-order valence-corrected chi connectivity index (χ4v) is 4.43. The number of benzene rings is 1. The number of nitrogens with zero attached hydrogens (tertiary/aromatic N) is 1. The number of anilines is 1. The molecular formula is C14H18N2S2. The number of thiazole rings is 1. The SMILES string of the molecule is CSC1CCC(Nc2nc3c(C)cccc3s2)C1. The third kappa shape index (κ3) is 2.36. The van der Waals surface area contributed by atoms with Crippen molar-refractivity contribution in [2.75, 3.05) is 11.6 Å². The van der Waals surface area contributed by atoms with Gasteiger partial charge in [0, 0.05) is 11.3 Å². The van der Waals surface area contributed by atoms with Gasteiger partial charge in [-0.15, -0.1) is 0 Å². The molecule has 1 N–H and O–H groups in total. The number of nitrogens with one attached hydrogen (secondary N) is 1. The summed E-state index contributed by atoms with van der Waals surface area (Å²) in [6.07, 6.45) is 6.10. The van der Waals surface area contributed by atoms with Crippen LogP contribution in [0.2, 0.25) is 0 Å². The molecule has 2 aromatic rings. The summed E-state index contributed by atoms with van der Waals surface area (Å²) in [5.41, 5.74) is 2.43. The van der Waals surface area contributed by atoms with Crippen LogP contribution in [-0.2, 0) is 0 Å². The number of fused-ring (bicyclic) bond motifs is 1. The molecule has 1 saturated carbocycles. The van der Waals surface area contributed by atoms with Crippen LogP contribution >= 0.6 is 23.1 Å². The van der Waals surface area contributed by atoms with Crippen molar-refractivity contribution < 1.29 is 0 Å². The van der Waals surface area contributed by atoms with Crippen LogP contribution in [0.1, 0.15) is 24.8 Å². The van der Waals surface area contributed by atoms with Gasteiger partial charge < -0.3 is 5.32 Å². The molecule has 96 valence electrons. The standard InChI is InChI=1S/C14H18N2S2/c1-9-4-3-5-12-13(9)16-14(18-12)15-10-6-7-11(8-10)17-2/h3-5,10-11H,6-8H2,1-2H3,(H,15,16). The van der Waals surface area contributed by atoms with Crippen molar-refractivity contribution in [1.82, 2.24) is 4.98 Å². The molecule has 0 radical (unpaired) electrons. The number of aromatic nitrogens is 1. The summed E-state index contributed by atoms with van der Waals surface area (Å²) < 4.78 is 1.29. The van der Waals surface area contributed by atoms with E-state index in [0.717, 1.165) is 15.9 Å². The second-order valence-electron chi connectivity index (χ2n) is 4.95. The minimum atomic E-state index is 0.614. The first-order valence-corrected chi connectivity index (χ1v) is 8.52. The molecule has 1 aromatic carbocycles. The van der Waals surface area contributed by atoms with Crippen molar-refractivity contribution >= 4 is 38.4 Å². The predicted octanol–water partition coefficient (Wildman–Crippen LogP) is 4.30. The first-order valence-electron chi connectivity index (χ1n) is 6.42. The highest BCUT2D eigenvalue weighted by Crippen LogP contribution is 2.33. The Morgan fingerprint density at radius 2 is 2.28 bits per heavy atom. The molecule has 0 saturated heterocycles. The maximum atomic E-state index is 4.73. The topological polar surface area (TPSA) is 24.9 Å². The molecule has 1 aliphatic rings. The second-order valence-corrected chi connectivity index (χ2v) is 7.12. The highest BCUT2D eigenvalue weighted by Gasteiger charge is 2.24. The average Bonchev–Trinajstić information content (AvgIpc) is 2.96. The Morgan fingerprint density at radius 3 is 3.00 bits per heavy atom. The summed E-state index contributed by atoms with van der Waals surface area (Å²) in [6, 6.07) is 7.01. The van der Waals surface area contributed by atoms with E-state index in [4.69, 9.17) is 4.98 Å². The van der Waals surface area contributed by atoms with Crippen LogP contribution in [-0.4, -0.2) is 22.5 Å². The van der Waals surface area contributed by atoms with Crippen LogP contribution in [0.5, 0.6) is 0 Å². The lowest BCUT2D eigenvalue weighted by atomic mass is 10.2. The van der Waals surface area contributed by atoms with Gasteiger partial charge in [-0.05, 0) is 44.1 Å². The fraction of sp³-hybridized carbons (Fsp3) is 0.500. The van der Waals surface area contributed by atoms with Crippen molar-refractivity contribution in [2.24, 2.45) is 0 Å². The van der Waals surface area contributed by atoms with Crippen molar-refractivity contribution in [3.63, 3.8) is 0 Å². The number of aryl methyl sites for hydroxylation is 1. The smallest absolute Gasteiger partial charge is 0.184 e. The van der Waals surface area contributed by atoms with Crippen molar-refractivity contribution in [3.05, 3.63) is 23.8 Å². The normalized spacial score (nSPS) is 23.7. The van der Waals surface area contributed by atoms with E-state index in [2.05, 4.69) is 36.7 Å². The molecule has 1 heterocycles. The van der Waals surface area contributed by atoms with Gasteiger partial charge in [-0.25, -0.2) is 4.98 Å². The zero-order valence-electron chi connectivity index (χ0n) is 10.8. The van der Waals surface area contributed by atoms with Gasteiger partial charge in [0.1, 0.15) is 0 Å². The van der Waals surface area contributed by atoms with Gasteiger partial charge in [0.2, 0.25) is 0 Å². The molecule has 0 spiro atoms. The minimum Gasteiger partial charge on any atom is -0.359 e. The van der Waals surface area contributed by atoms with Gasteiger partial charge in [-0.1, -0.05) is 23.5 Å². The number of hydrogen-bond acceptors (Lipinski definition) is 4. The zero-order valence-corrected chi connectivity index (χ0v) is 12.4. The first-order chi connectivity index (χ1) is 8.76. The van der Waals surface area contributed by atoms with Gasteiger partial charge >= 0.3 is 0 Å². The van der Waals surface area contributed by atoms with Crippen LogP contribution < -0.4 is 5.32 Å². The lowest BCUT2D eigenvalue weighted by Gasteiger charge is -2.10. The van der Waals surface area contributed by atoms with Crippen LogP contribution in [0.25, 0.3) is 10.2 Å². The Labute approximate surface area is 116 Å². The van der Waals surface area contributed by atoms with E-state index in [1.807, 2.05) is 11.8 Å². The molecule has 1 aliphatic carbocycles. The molecule has 1 aromatic heterocycles. The second kappa shape index (κ2) is 5.10. The van der Waals surface area contributed by atoms with E-state index in [-0.39, 0.29) is 0 Å². The van der Waals surface area contributed by atoms with Gasteiger partial charge in [0.05, 0.1) is 10.2 Å². The van der Waals surface area contributed by atoms with Crippen LogP contribution in [0.4, 0.5) is 5.13 Å². The molecule has 18 heavy (non-hydrogen) atoms. The summed E-state index contributed by atoms with van der Waals surface area (Å²) in [6.45, 7) is 2.13. The molecule has 0 bridgehead atoms. The Bertz CT molecular complexity index is 550. The van der Waals surface area contributed by atoms with Crippen molar-refractivity contribution in [3.8, 4) is 0 Å². The molecule has 2 nitrogen and oxygen atoms in total. The Balaban J connectivity index is 1.77. The molecular weight excluding hydrogens is 260 g/mol. The van der Waals surface area contributed by atoms with E-state index in [9.17, 15) is 0 Å². The van der Waals surface area contributed by atoms with Gasteiger partial charge in [0.25, 0.3) is 0 Å². The van der Waals surface area contributed by atoms with Crippen LogP contribution in [0.3, 0.4) is 0 Å². The molecule has 2 atom stereocenters. The lowest BCUT2D eigenvalue weighted by Crippen LogP contribution is -2.15. The Kier molecular flexibility index (Phi) is 3.48. The fourth-order valence-electron chi connectivity index (χ4n) is 2.61. The predicted molar refractivity (Wildman–Crippen MR) is 82.9 cm³/mol. The Hall–Kier alpha value is -0.740. The summed E-state index contributed by atoms with van der Waals surface area (Å²) >= 11 is 3.78. The van der Waals surface area contributed by atoms with Crippen molar-refractivity contribution in [1.29, 1.82) is 0 Å². The van der Waals surface area contributed by atoms with E-state index in [0.29, 0.717) is 6.04 Å². The van der Waals surface area contributed by atoms with E-state index < -0.39 is 0 Å². The van der Waals surface area contributed by atoms with Crippen LogP contribution in [0.15, 0.2) is 18.2 Å². The minimum absolute atomic E-state index is 0.614. The Morgan fingerprint density at radius 1 is 1.39 bits per heavy atom. The molecule has 4 heteroatoms. The maximum Gasteiger partial charge on any atom is 0.184 e. The highest BCUT2D eigenvalue weighted by atomic mass is 32.2. The average molecular weight is 278 g/mol. The molecule has 2 unspecified atom stereocenters. The number of thioether (sulfide) groups is 1.